The Morgan fingerprint density at radius 2 is 0.717 bits per heavy atom. The normalized spacial score (nSPS) is 11.3. The lowest BCUT2D eigenvalue weighted by Gasteiger charge is -2.26. The fourth-order valence-corrected chi connectivity index (χ4v) is 7.41. The van der Waals surface area contributed by atoms with Gasteiger partial charge in [-0.1, -0.05) is 151 Å². The van der Waals surface area contributed by atoms with Gasteiger partial charge in [0.15, 0.2) is 0 Å². The summed E-state index contributed by atoms with van der Waals surface area (Å²) in [6.45, 7) is 9.05. The summed E-state index contributed by atoms with van der Waals surface area (Å²) in [5, 5.41) is 0. The van der Waals surface area contributed by atoms with Crippen LogP contribution in [0.4, 0.5) is 34.1 Å². The summed E-state index contributed by atoms with van der Waals surface area (Å²) >= 11 is 0. The predicted octanol–water partition coefficient (Wildman–Crippen LogP) is 16.0. The van der Waals surface area contributed by atoms with Crippen molar-refractivity contribution in [1.82, 2.24) is 0 Å². The third kappa shape index (κ3) is 9.33. The van der Waals surface area contributed by atoms with Crippen LogP contribution in [0.5, 0.6) is 5.75 Å². The average Bonchev–Trinajstić information content (AvgIpc) is 3.29. The SMILES string of the molecule is CCOc1ccccc1/C=C/c1ccc(N(c2ccc(C)cc2)c2ccc(-c3ccc(N(c4ccc(C)cc4)c4ccc(/C=C/c5ccccc5C)cc4)cc3)cc2)cc1. The van der Waals surface area contributed by atoms with Crippen LogP contribution in [0.3, 0.4) is 0 Å². The minimum Gasteiger partial charge on any atom is -0.493 e. The van der Waals surface area contributed by atoms with E-state index in [9.17, 15) is 0 Å². The molecule has 0 N–H and O–H groups in total. The van der Waals surface area contributed by atoms with E-state index in [1.807, 2.05) is 25.1 Å². The van der Waals surface area contributed by atoms with Crippen molar-refractivity contribution < 1.29 is 4.74 Å². The zero-order valence-electron chi connectivity index (χ0n) is 34.8. The van der Waals surface area contributed by atoms with Crippen LogP contribution in [0.2, 0.25) is 0 Å². The Morgan fingerprint density at radius 3 is 1.13 bits per heavy atom. The third-order valence-corrected chi connectivity index (χ3v) is 10.8. The van der Waals surface area contributed by atoms with Gasteiger partial charge >= 0.3 is 0 Å². The number of ether oxygens (including phenoxy) is 1. The number of hydrogen-bond acceptors (Lipinski definition) is 3. The van der Waals surface area contributed by atoms with Gasteiger partial charge in [-0.25, -0.2) is 0 Å². The highest BCUT2D eigenvalue weighted by atomic mass is 16.5. The van der Waals surface area contributed by atoms with Crippen LogP contribution in [0, 0.1) is 20.8 Å². The van der Waals surface area contributed by atoms with Crippen LogP contribution in [0.15, 0.2) is 194 Å². The molecule has 8 rings (SSSR count). The molecule has 0 aliphatic carbocycles. The Labute approximate surface area is 355 Å². The van der Waals surface area contributed by atoms with Gasteiger partial charge in [0.1, 0.15) is 5.75 Å². The van der Waals surface area contributed by atoms with Crippen LogP contribution in [-0.2, 0) is 0 Å². The highest BCUT2D eigenvalue weighted by Gasteiger charge is 2.15. The van der Waals surface area contributed by atoms with Gasteiger partial charge in [-0.05, 0) is 140 Å². The summed E-state index contributed by atoms with van der Waals surface area (Å²) in [5.74, 6) is 0.895. The molecule has 3 heteroatoms. The summed E-state index contributed by atoms with van der Waals surface area (Å²) in [6.07, 6.45) is 8.63. The lowest BCUT2D eigenvalue weighted by atomic mass is 10.0. The van der Waals surface area contributed by atoms with E-state index >= 15 is 0 Å². The average molecular weight is 779 g/mol. The van der Waals surface area contributed by atoms with E-state index in [-0.39, 0.29) is 0 Å². The highest BCUT2D eigenvalue weighted by Crippen LogP contribution is 2.38. The standard InChI is InChI=1S/C57H50N2O/c1-5-60-57-13-9-8-12-50(57)25-19-46-22-36-54(37-23-46)59(52-32-16-43(3)17-33-52)56-40-28-49(29-41-56)48-26-38-55(39-27-48)58(51-30-14-42(2)15-31-51)53-34-20-45(21-35-53)18-24-47-11-7-6-10-44(47)4/h6-41H,5H2,1-4H3/b24-18+,25-19+. The van der Waals surface area contributed by atoms with Crippen molar-refractivity contribution in [2.75, 3.05) is 16.4 Å². The maximum atomic E-state index is 5.83. The van der Waals surface area contributed by atoms with Gasteiger partial charge < -0.3 is 14.5 Å². The maximum absolute atomic E-state index is 5.83. The number of hydrogen-bond donors (Lipinski definition) is 0. The second-order valence-corrected chi connectivity index (χ2v) is 15.1. The lowest BCUT2D eigenvalue weighted by Crippen LogP contribution is -2.10. The molecule has 0 fully saturated rings. The van der Waals surface area contributed by atoms with Crippen molar-refractivity contribution >= 4 is 58.4 Å². The fourth-order valence-electron chi connectivity index (χ4n) is 7.41. The van der Waals surface area contributed by atoms with Gasteiger partial charge in [-0.15, -0.1) is 0 Å². The fraction of sp³-hybridized carbons (Fsp3) is 0.0877. The minimum atomic E-state index is 0.638. The molecule has 60 heavy (non-hydrogen) atoms. The molecule has 0 amide bonds. The largest absolute Gasteiger partial charge is 0.493 e. The van der Waals surface area contributed by atoms with E-state index in [0.29, 0.717) is 6.61 Å². The van der Waals surface area contributed by atoms with Gasteiger partial charge in [0, 0.05) is 39.7 Å². The Bertz CT molecular complexity index is 2690. The quantitative estimate of drug-likeness (QED) is 0.108. The molecule has 294 valence electrons. The summed E-state index contributed by atoms with van der Waals surface area (Å²) in [6, 6.07) is 69.4. The van der Waals surface area contributed by atoms with Gasteiger partial charge in [0.2, 0.25) is 0 Å². The van der Waals surface area contributed by atoms with E-state index in [1.54, 1.807) is 0 Å². The number of benzene rings is 8. The summed E-state index contributed by atoms with van der Waals surface area (Å²) in [5.41, 5.74) is 17.3. The Hall–Kier alpha value is -7.36. The first-order valence-electron chi connectivity index (χ1n) is 20.7. The van der Waals surface area contributed by atoms with Crippen LogP contribution < -0.4 is 14.5 Å². The Morgan fingerprint density at radius 1 is 0.367 bits per heavy atom. The zero-order valence-corrected chi connectivity index (χ0v) is 34.8. The monoisotopic (exact) mass is 778 g/mol. The Balaban J connectivity index is 1.04. The van der Waals surface area contributed by atoms with E-state index in [4.69, 9.17) is 4.74 Å². The maximum Gasteiger partial charge on any atom is 0.126 e. The molecule has 8 aromatic carbocycles. The number of nitrogens with zero attached hydrogens (tertiary/aromatic N) is 2. The first kappa shape index (κ1) is 39.5. The highest BCUT2D eigenvalue weighted by molar-refractivity contribution is 5.82. The van der Waals surface area contributed by atoms with Crippen molar-refractivity contribution in [3.63, 3.8) is 0 Å². The van der Waals surface area contributed by atoms with Crippen molar-refractivity contribution in [1.29, 1.82) is 0 Å². The van der Waals surface area contributed by atoms with Crippen molar-refractivity contribution in [2.24, 2.45) is 0 Å². The predicted molar refractivity (Wildman–Crippen MR) is 257 cm³/mol. The molecule has 0 atom stereocenters. The van der Waals surface area contributed by atoms with E-state index in [2.05, 4.69) is 231 Å². The number of para-hydroxylation sites is 1. The first-order valence-corrected chi connectivity index (χ1v) is 20.7. The molecule has 0 aliphatic heterocycles. The zero-order chi connectivity index (χ0) is 41.3. The minimum absolute atomic E-state index is 0.638. The topological polar surface area (TPSA) is 15.7 Å². The number of anilines is 6. The van der Waals surface area contributed by atoms with Crippen LogP contribution >= 0.6 is 0 Å². The molecule has 0 spiro atoms. The molecular formula is C57H50N2O. The van der Waals surface area contributed by atoms with Crippen molar-refractivity contribution in [3.05, 3.63) is 233 Å². The lowest BCUT2D eigenvalue weighted by molar-refractivity contribution is 0.339. The summed E-state index contributed by atoms with van der Waals surface area (Å²) < 4.78 is 5.83. The van der Waals surface area contributed by atoms with Gasteiger partial charge in [-0.2, -0.15) is 0 Å². The molecule has 0 unspecified atom stereocenters. The van der Waals surface area contributed by atoms with Gasteiger partial charge in [-0.3, -0.25) is 0 Å². The third-order valence-electron chi connectivity index (χ3n) is 10.8. The van der Waals surface area contributed by atoms with Crippen LogP contribution in [-0.4, -0.2) is 6.61 Å². The van der Waals surface area contributed by atoms with E-state index < -0.39 is 0 Å². The molecular weight excluding hydrogens is 729 g/mol. The second kappa shape index (κ2) is 18.5. The molecule has 0 aromatic heterocycles. The smallest absolute Gasteiger partial charge is 0.126 e. The van der Waals surface area contributed by atoms with Crippen molar-refractivity contribution in [2.45, 2.75) is 27.7 Å². The van der Waals surface area contributed by atoms with E-state index in [0.717, 1.165) is 67.7 Å². The van der Waals surface area contributed by atoms with Crippen LogP contribution in [0.25, 0.3) is 35.4 Å². The van der Waals surface area contributed by atoms with Crippen molar-refractivity contribution in [3.8, 4) is 16.9 Å². The molecule has 8 aromatic rings. The number of aryl methyl sites for hydroxylation is 3. The van der Waals surface area contributed by atoms with Gasteiger partial charge in [0.25, 0.3) is 0 Å². The molecule has 3 nitrogen and oxygen atoms in total. The molecule has 0 aliphatic rings. The van der Waals surface area contributed by atoms with E-state index in [1.165, 1.54) is 22.3 Å². The second-order valence-electron chi connectivity index (χ2n) is 15.1. The van der Waals surface area contributed by atoms with Crippen LogP contribution in [0.1, 0.15) is 45.9 Å². The summed E-state index contributed by atoms with van der Waals surface area (Å²) in [4.78, 5) is 4.63. The molecule has 0 bridgehead atoms. The Kier molecular flexibility index (Phi) is 12.2. The van der Waals surface area contributed by atoms with Gasteiger partial charge in [0.05, 0.1) is 6.61 Å². The first-order chi connectivity index (χ1) is 29.4. The molecule has 0 saturated heterocycles. The molecule has 0 saturated carbocycles. The number of rotatable bonds is 13. The molecule has 0 heterocycles. The molecule has 0 radical (unpaired) electrons. The summed E-state index contributed by atoms with van der Waals surface area (Å²) in [7, 11) is 0.